The number of aliphatic hydroxyl groups excluding tert-OH is 1. The zero-order valence-corrected chi connectivity index (χ0v) is 18.0. The summed E-state index contributed by atoms with van der Waals surface area (Å²) >= 11 is 0. The molecule has 0 unspecified atom stereocenters. The van der Waals surface area contributed by atoms with Crippen LogP contribution in [0.3, 0.4) is 0 Å². The first-order chi connectivity index (χ1) is 12.9. The molecule has 3 heteroatoms. The minimum Gasteiger partial charge on any atom is -0.392 e. The van der Waals surface area contributed by atoms with Crippen LogP contribution in [0.5, 0.6) is 0 Å². The molecule has 0 bridgehead atoms. The molecule has 2 rings (SSSR count). The molecule has 2 aliphatic carbocycles. The summed E-state index contributed by atoms with van der Waals surface area (Å²) in [6.07, 6.45) is 17.9. The number of aliphatic hydroxyl groups is 1. The van der Waals surface area contributed by atoms with Gasteiger partial charge in [0, 0.05) is 26.4 Å². The van der Waals surface area contributed by atoms with Gasteiger partial charge in [0.25, 0.3) is 0 Å². The van der Waals surface area contributed by atoms with Gasteiger partial charge in [-0.05, 0) is 56.3 Å². The molecule has 27 heavy (non-hydrogen) atoms. The number of allylic oxidation sites excluding steroid dienone is 3. The lowest BCUT2D eigenvalue weighted by Crippen LogP contribution is -2.21. The maximum atomic E-state index is 11.7. The highest BCUT2D eigenvalue weighted by Crippen LogP contribution is 2.48. The first-order valence-electron chi connectivity index (χ1n) is 11.2. The quantitative estimate of drug-likeness (QED) is 0.390. The second-order valence-corrected chi connectivity index (χ2v) is 9.14. The maximum Gasteiger partial charge on any atom is 0.222 e. The summed E-state index contributed by atoms with van der Waals surface area (Å²) < 4.78 is 0. The van der Waals surface area contributed by atoms with Crippen LogP contribution in [0.25, 0.3) is 0 Å². The minimum atomic E-state index is -0.169. The molecule has 0 aliphatic heterocycles. The molecular weight excluding hydrogens is 334 g/mol. The van der Waals surface area contributed by atoms with Crippen molar-refractivity contribution in [1.29, 1.82) is 0 Å². The van der Waals surface area contributed by atoms with Gasteiger partial charge in [0.15, 0.2) is 0 Å². The van der Waals surface area contributed by atoms with Gasteiger partial charge in [0.2, 0.25) is 5.91 Å². The summed E-state index contributed by atoms with van der Waals surface area (Å²) in [6, 6.07) is 0. The lowest BCUT2D eigenvalue weighted by Gasteiger charge is -2.18. The third-order valence-corrected chi connectivity index (χ3v) is 6.53. The largest absolute Gasteiger partial charge is 0.392 e. The van der Waals surface area contributed by atoms with Crippen molar-refractivity contribution in [2.45, 2.75) is 84.2 Å². The van der Waals surface area contributed by atoms with Gasteiger partial charge >= 0.3 is 0 Å². The summed E-state index contributed by atoms with van der Waals surface area (Å²) in [6.45, 7) is 4.59. The molecule has 0 aromatic rings. The molecule has 0 heterocycles. The highest BCUT2D eigenvalue weighted by molar-refractivity contribution is 5.75. The second-order valence-electron chi connectivity index (χ2n) is 9.14. The molecule has 1 amide bonds. The Morgan fingerprint density at radius 2 is 2.11 bits per heavy atom. The van der Waals surface area contributed by atoms with E-state index in [-0.39, 0.29) is 12.0 Å². The molecule has 2 aliphatic rings. The van der Waals surface area contributed by atoms with Gasteiger partial charge in [0.1, 0.15) is 0 Å². The lowest BCUT2D eigenvalue weighted by atomic mass is 9.88. The third kappa shape index (κ3) is 6.78. The van der Waals surface area contributed by atoms with Gasteiger partial charge in [-0.3, -0.25) is 4.79 Å². The van der Waals surface area contributed by atoms with Crippen LogP contribution in [0.1, 0.15) is 78.1 Å². The Morgan fingerprint density at radius 1 is 1.33 bits per heavy atom. The maximum absolute atomic E-state index is 11.7. The molecule has 1 N–H and O–H groups in total. The predicted octanol–water partition coefficient (Wildman–Crippen LogP) is 5.35. The highest BCUT2D eigenvalue weighted by Gasteiger charge is 2.43. The smallest absolute Gasteiger partial charge is 0.222 e. The predicted molar refractivity (Wildman–Crippen MR) is 113 cm³/mol. The van der Waals surface area contributed by atoms with Gasteiger partial charge in [-0.2, -0.15) is 0 Å². The van der Waals surface area contributed by atoms with Crippen LogP contribution < -0.4 is 0 Å². The average Bonchev–Trinajstić information content (AvgIpc) is 3.14. The number of hydrogen-bond acceptors (Lipinski definition) is 2. The number of amides is 1. The summed E-state index contributed by atoms with van der Waals surface area (Å²) in [7, 11) is 3.65. The van der Waals surface area contributed by atoms with Crippen molar-refractivity contribution in [2.75, 3.05) is 14.1 Å². The highest BCUT2D eigenvalue weighted by atomic mass is 16.3. The van der Waals surface area contributed by atoms with E-state index in [0.717, 1.165) is 44.4 Å². The van der Waals surface area contributed by atoms with Crippen LogP contribution >= 0.6 is 0 Å². The van der Waals surface area contributed by atoms with Crippen LogP contribution in [0.4, 0.5) is 0 Å². The van der Waals surface area contributed by atoms with Crippen molar-refractivity contribution >= 4 is 5.91 Å². The van der Waals surface area contributed by atoms with Crippen LogP contribution in [0.15, 0.2) is 23.8 Å². The van der Waals surface area contributed by atoms with Crippen LogP contribution in [0.2, 0.25) is 0 Å². The number of rotatable bonds is 11. The van der Waals surface area contributed by atoms with E-state index < -0.39 is 0 Å². The summed E-state index contributed by atoms with van der Waals surface area (Å²) in [5.41, 5.74) is 1.56. The van der Waals surface area contributed by atoms with Gasteiger partial charge in [-0.1, -0.05) is 56.9 Å². The molecule has 0 saturated heterocycles. The number of carbonyl (C=O) groups excluding carboxylic acids is 1. The lowest BCUT2D eigenvalue weighted by molar-refractivity contribution is -0.128. The van der Waals surface area contributed by atoms with E-state index >= 15 is 0 Å². The molecule has 1 saturated carbocycles. The average molecular weight is 376 g/mol. The summed E-state index contributed by atoms with van der Waals surface area (Å²) in [5, 5.41) is 10.5. The number of unbranched alkanes of at least 4 members (excludes halogenated alkanes) is 2. The normalized spacial score (nSPS) is 28.4. The Morgan fingerprint density at radius 3 is 2.81 bits per heavy atom. The van der Waals surface area contributed by atoms with Crippen molar-refractivity contribution in [3.63, 3.8) is 0 Å². The molecule has 3 nitrogen and oxygen atoms in total. The van der Waals surface area contributed by atoms with Crippen molar-refractivity contribution < 1.29 is 9.90 Å². The number of hydrogen-bond donors (Lipinski definition) is 1. The SMILES string of the molecule is CCCC[C@H](C)C/C=C/[C@@H]1[C@H]2CC(CCCCC(=O)N(C)C)=C[C@H]2C[C@H]1O. The van der Waals surface area contributed by atoms with E-state index in [1.54, 1.807) is 10.5 Å². The molecule has 154 valence electrons. The first-order valence-corrected chi connectivity index (χ1v) is 11.2. The van der Waals surface area contributed by atoms with Gasteiger partial charge in [0.05, 0.1) is 6.10 Å². The standard InChI is InChI=1S/C24H41NO2/c1-5-6-10-18(2)11-9-13-21-22-16-19(15-20(22)17-23(21)26)12-7-8-14-24(27)25(3)4/h9,13,15,18,20-23,26H,5-8,10-12,14,16-17H2,1-4H3/b13-9+/t18-,20-,21+,22-,23+/m0/s1. The summed E-state index contributed by atoms with van der Waals surface area (Å²) in [4.78, 5) is 13.3. The van der Waals surface area contributed by atoms with Gasteiger partial charge < -0.3 is 10.0 Å². The molecule has 1 fully saturated rings. The summed E-state index contributed by atoms with van der Waals surface area (Å²) in [5.74, 6) is 2.47. The molecule has 0 radical (unpaired) electrons. The Kier molecular flexibility index (Phi) is 9.08. The Bertz CT molecular complexity index is 522. The Balaban J connectivity index is 1.74. The van der Waals surface area contributed by atoms with E-state index in [0.29, 0.717) is 24.2 Å². The Hall–Kier alpha value is -1.09. The van der Waals surface area contributed by atoms with Gasteiger partial charge in [-0.15, -0.1) is 0 Å². The van der Waals surface area contributed by atoms with Crippen LogP contribution in [0, 0.1) is 23.7 Å². The first kappa shape index (κ1) is 22.2. The van der Waals surface area contributed by atoms with Gasteiger partial charge in [-0.25, -0.2) is 0 Å². The number of fused-ring (bicyclic) bond motifs is 1. The van der Waals surface area contributed by atoms with Crippen molar-refractivity contribution in [3.05, 3.63) is 23.8 Å². The fourth-order valence-corrected chi connectivity index (χ4v) is 4.78. The molecule has 0 spiro atoms. The molecule has 0 aromatic heterocycles. The zero-order valence-electron chi connectivity index (χ0n) is 18.0. The minimum absolute atomic E-state index is 0.169. The zero-order chi connectivity index (χ0) is 19.8. The van der Waals surface area contributed by atoms with Crippen LogP contribution in [-0.4, -0.2) is 36.1 Å². The monoisotopic (exact) mass is 375 g/mol. The fourth-order valence-electron chi connectivity index (χ4n) is 4.78. The van der Waals surface area contributed by atoms with E-state index in [9.17, 15) is 9.90 Å². The van der Waals surface area contributed by atoms with E-state index in [2.05, 4.69) is 32.1 Å². The topological polar surface area (TPSA) is 40.5 Å². The number of nitrogens with zero attached hydrogens (tertiary/aromatic N) is 1. The third-order valence-electron chi connectivity index (χ3n) is 6.53. The second kappa shape index (κ2) is 11.0. The molecular formula is C24H41NO2. The van der Waals surface area contributed by atoms with Crippen molar-refractivity contribution in [1.82, 2.24) is 4.90 Å². The van der Waals surface area contributed by atoms with Crippen molar-refractivity contribution in [3.8, 4) is 0 Å². The fraction of sp³-hybridized carbons (Fsp3) is 0.792. The van der Waals surface area contributed by atoms with E-state index in [4.69, 9.17) is 0 Å². The molecule has 5 atom stereocenters. The van der Waals surface area contributed by atoms with E-state index in [1.807, 2.05) is 14.1 Å². The van der Waals surface area contributed by atoms with Crippen LogP contribution in [-0.2, 0) is 4.79 Å². The molecule has 0 aromatic carbocycles. The van der Waals surface area contributed by atoms with E-state index in [1.165, 1.54) is 19.3 Å². The van der Waals surface area contributed by atoms with Crippen molar-refractivity contribution in [2.24, 2.45) is 23.7 Å². The Labute approximate surface area is 166 Å². The number of carbonyl (C=O) groups is 1.